The maximum atomic E-state index is 12.6. The third-order valence-electron chi connectivity index (χ3n) is 2.03. The molecule has 0 heterocycles. The lowest BCUT2D eigenvalue weighted by Gasteiger charge is -2.11. The van der Waals surface area contributed by atoms with Crippen LogP contribution in [0.4, 0.5) is 13.2 Å². The lowest BCUT2D eigenvalue weighted by atomic mass is 10.0. The molecule has 1 aromatic carbocycles. The van der Waals surface area contributed by atoms with Gasteiger partial charge in [0.15, 0.2) is 0 Å². The minimum Gasteiger partial charge on any atom is -0.198 e. The Balaban J connectivity index is 3.24. The molecule has 0 spiro atoms. The molecule has 5 heteroatoms. The molecular formula is C11H7F3N2. The summed E-state index contributed by atoms with van der Waals surface area (Å²) in [7, 11) is 0. The van der Waals surface area contributed by atoms with Gasteiger partial charge < -0.3 is 0 Å². The van der Waals surface area contributed by atoms with Gasteiger partial charge in [-0.15, -0.1) is 0 Å². The van der Waals surface area contributed by atoms with Crippen LogP contribution in [0.5, 0.6) is 0 Å². The van der Waals surface area contributed by atoms with E-state index >= 15 is 0 Å². The number of alkyl halides is 3. The summed E-state index contributed by atoms with van der Waals surface area (Å²) in [6, 6.07) is 7.08. The van der Waals surface area contributed by atoms with Crippen molar-refractivity contribution in [3.05, 3.63) is 34.9 Å². The Morgan fingerprint density at radius 3 is 2.19 bits per heavy atom. The van der Waals surface area contributed by atoms with E-state index in [2.05, 4.69) is 0 Å². The Labute approximate surface area is 90.5 Å². The first kappa shape index (κ1) is 12.1. The van der Waals surface area contributed by atoms with Gasteiger partial charge in [0.25, 0.3) is 0 Å². The van der Waals surface area contributed by atoms with Crippen LogP contribution in [0.25, 0.3) is 0 Å². The summed E-state index contributed by atoms with van der Waals surface area (Å²) >= 11 is 0. The highest BCUT2D eigenvalue weighted by Crippen LogP contribution is 2.33. The van der Waals surface area contributed by atoms with E-state index in [0.717, 1.165) is 6.07 Å². The second-order valence-electron chi connectivity index (χ2n) is 3.16. The molecule has 1 rings (SSSR count). The fourth-order valence-electron chi connectivity index (χ4n) is 1.33. The van der Waals surface area contributed by atoms with E-state index in [1.54, 1.807) is 12.1 Å². The zero-order valence-corrected chi connectivity index (χ0v) is 8.17. The molecule has 1 aromatic rings. The van der Waals surface area contributed by atoms with E-state index in [1.807, 2.05) is 0 Å². The number of nitriles is 2. The van der Waals surface area contributed by atoms with Crippen LogP contribution >= 0.6 is 0 Å². The Hall–Kier alpha value is -2.01. The fraction of sp³-hybridized carbons (Fsp3) is 0.273. The highest BCUT2D eigenvalue weighted by molar-refractivity contribution is 5.36. The summed E-state index contributed by atoms with van der Waals surface area (Å²) < 4.78 is 37.8. The van der Waals surface area contributed by atoms with Gasteiger partial charge in [0.05, 0.1) is 30.5 Å². The van der Waals surface area contributed by atoms with E-state index in [1.165, 1.54) is 12.1 Å². The molecule has 0 aromatic heterocycles. The van der Waals surface area contributed by atoms with E-state index in [9.17, 15) is 13.2 Å². The van der Waals surface area contributed by atoms with E-state index < -0.39 is 11.7 Å². The van der Waals surface area contributed by atoms with Crippen molar-refractivity contribution >= 4 is 0 Å². The summed E-state index contributed by atoms with van der Waals surface area (Å²) in [4.78, 5) is 0. The highest BCUT2D eigenvalue weighted by Gasteiger charge is 2.33. The van der Waals surface area contributed by atoms with Crippen molar-refractivity contribution in [3.8, 4) is 12.1 Å². The zero-order valence-electron chi connectivity index (χ0n) is 8.17. The number of hydrogen-bond donors (Lipinski definition) is 0. The summed E-state index contributed by atoms with van der Waals surface area (Å²) in [5, 5.41) is 16.8. The van der Waals surface area contributed by atoms with Gasteiger partial charge in [0.2, 0.25) is 0 Å². The number of nitrogens with zero attached hydrogens (tertiary/aromatic N) is 2. The van der Waals surface area contributed by atoms with Crippen LogP contribution in [0, 0.1) is 22.7 Å². The van der Waals surface area contributed by atoms with Gasteiger partial charge in [-0.2, -0.15) is 23.7 Å². The fourth-order valence-corrected chi connectivity index (χ4v) is 1.33. The van der Waals surface area contributed by atoms with E-state index in [-0.39, 0.29) is 18.4 Å². The van der Waals surface area contributed by atoms with Crippen LogP contribution < -0.4 is 0 Å². The van der Waals surface area contributed by atoms with Gasteiger partial charge in [-0.25, -0.2) is 0 Å². The van der Waals surface area contributed by atoms with Crippen LogP contribution in [0.3, 0.4) is 0 Å². The summed E-state index contributed by atoms with van der Waals surface area (Å²) in [6.07, 6.45) is -4.85. The molecule has 0 saturated heterocycles. The second kappa shape index (κ2) is 4.67. The molecule has 0 unspecified atom stereocenters. The normalized spacial score (nSPS) is 10.6. The largest absolute Gasteiger partial charge is 0.416 e. The molecule has 0 bridgehead atoms. The number of halogens is 3. The maximum Gasteiger partial charge on any atom is 0.416 e. The van der Waals surface area contributed by atoms with Crippen molar-refractivity contribution in [2.45, 2.75) is 19.0 Å². The first-order valence-corrected chi connectivity index (χ1v) is 4.42. The number of benzene rings is 1. The molecule has 0 aliphatic rings. The third-order valence-corrected chi connectivity index (χ3v) is 2.03. The molecule has 16 heavy (non-hydrogen) atoms. The van der Waals surface area contributed by atoms with E-state index in [4.69, 9.17) is 10.5 Å². The summed E-state index contributed by atoms with van der Waals surface area (Å²) in [6.45, 7) is 0. The molecular weight excluding hydrogens is 217 g/mol. The summed E-state index contributed by atoms with van der Waals surface area (Å²) in [5.41, 5.74) is -0.588. The Kier molecular flexibility index (Phi) is 3.52. The molecule has 0 aliphatic heterocycles. The zero-order chi connectivity index (χ0) is 12.2. The van der Waals surface area contributed by atoms with Gasteiger partial charge >= 0.3 is 6.18 Å². The Bertz CT molecular complexity index is 464. The van der Waals surface area contributed by atoms with Crippen molar-refractivity contribution in [2.75, 3.05) is 0 Å². The predicted octanol–water partition coefficient (Wildman–Crippen LogP) is 2.84. The van der Waals surface area contributed by atoms with Gasteiger partial charge in [-0.1, -0.05) is 12.1 Å². The van der Waals surface area contributed by atoms with Crippen molar-refractivity contribution in [1.29, 1.82) is 10.5 Å². The number of hydrogen-bond acceptors (Lipinski definition) is 2. The standard InChI is InChI=1S/C11H7F3N2/c12-11(13,14)10-7-8(3-5-15)1-2-9(10)4-6-16/h1-2,7H,3-4H2. The van der Waals surface area contributed by atoms with Gasteiger partial charge in [-0.3, -0.25) is 0 Å². The molecule has 0 aliphatic carbocycles. The molecule has 0 N–H and O–H groups in total. The van der Waals surface area contributed by atoms with Crippen LogP contribution in [0.2, 0.25) is 0 Å². The maximum absolute atomic E-state index is 12.6. The van der Waals surface area contributed by atoms with E-state index in [0.29, 0.717) is 5.56 Å². The molecule has 0 fully saturated rings. The van der Waals surface area contributed by atoms with Crippen molar-refractivity contribution in [2.24, 2.45) is 0 Å². The highest BCUT2D eigenvalue weighted by atomic mass is 19.4. The van der Waals surface area contributed by atoms with Gasteiger partial charge in [0.1, 0.15) is 0 Å². The lowest BCUT2D eigenvalue weighted by Crippen LogP contribution is -2.09. The van der Waals surface area contributed by atoms with Crippen molar-refractivity contribution < 1.29 is 13.2 Å². The second-order valence-corrected chi connectivity index (χ2v) is 3.16. The molecule has 2 nitrogen and oxygen atoms in total. The monoisotopic (exact) mass is 224 g/mol. The van der Waals surface area contributed by atoms with Gasteiger partial charge in [-0.05, 0) is 17.2 Å². The molecule has 0 radical (unpaired) electrons. The molecule has 0 atom stereocenters. The Morgan fingerprint density at radius 1 is 1.06 bits per heavy atom. The first-order valence-electron chi connectivity index (χ1n) is 4.42. The molecule has 0 saturated carbocycles. The average Bonchev–Trinajstić information content (AvgIpc) is 2.19. The SMILES string of the molecule is N#CCc1ccc(CC#N)c(C(F)(F)F)c1. The topological polar surface area (TPSA) is 47.6 Å². The quantitative estimate of drug-likeness (QED) is 0.775. The lowest BCUT2D eigenvalue weighted by molar-refractivity contribution is -0.138. The minimum atomic E-state index is -4.49. The smallest absolute Gasteiger partial charge is 0.198 e. The van der Waals surface area contributed by atoms with Crippen LogP contribution in [-0.2, 0) is 19.0 Å². The van der Waals surface area contributed by atoms with Crippen LogP contribution in [0.15, 0.2) is 18.2 Å². The molecule has 0 amide bonds. The predicted molar refractivity (Wildman–Crippen MR) is 50.1 cm³/mol. The van der Waals surface area contributed by atoms with Gasteiger partial charge in [0, 0.05) is 0 Å². The number of rotatable bonds is 2. The molecule has 82 valence electrons. The Morgan fingerprint density at radius 2 is 1.69 bits per heavy atom. The summed E-state index contributed by atoms with van der Waals surface area (Å²) in [5.74, 6) is 0. The third kappa shape index (κ3) is 2.74. The average molecular weight is 224 g/mol. The minimum absolute atomic E-state index is 0.0586. The van der Waals surface area contributed by atoms with Crippen molar-refractivity contribution in [1.82, 2.24) is 0 Å². The van der Waals surface area contributed by atoms with Crippen molar-refractivity contribution in [3.63, 3.8) is 0 Å². The first-order chi connectivity index (χ1) is 7.49. The van der Waals surface area contributed by atoms with Crippen LogP contribution in [-0.4, -0.2) is 0 Å². The van der Waals surface area contributed by atoms with Crippen LogP contribution in [0.1, 0.15) is 16.7 Å².